The van der Waals surface area contributed by atoms with E-state index in [1.165, 1.54) is 10.6 Å². The molecule has 0 spiro atoms. The SMILES string of the molecule is CC(C)(C)OC(=O)Cn1cc(CCc2ccc(C(=O)O)cc2)ccc1=O. The molecule has 0 atom stereocenters. The topological polar surface area (TPSA) is 85.6 Å². The molecule has 0 unspecified atom stereocenters. The fourth-order valence-electron chi connectivity index (χ4n) is 2.47. The highest BCUT2D eigenvalue weighted by Crippen LogP contribution is 2.10. The van der Waals surface area contributed by atoms with Gasteiger partial charge in [0.2, 0.25) is 0 Å². The summed E-state index contributed by atoms with van der Waals surface area (Å²) >= 11 is 0. The van der Waals surface area contributed by atoms with Crippen molar-refractivity contribution in [3.05, 3.63) is 69.6 Å². The molecular formula is C20H23NO5. The largest absolute Gasteiger partial charge is 0.478 e. The highest BCUT2D eigenvalue weighted by molar-refractivity contribution is 5.87. The maximum atomic E-state index is 11.9. The lowest BCUT2D eigenvalue weighted by Crippen LogP contribution is -2.30. The Kier molecular flexibility index (Phi) is 5.97. The number of carbonyl (C=O) groups is 2. The first kappa shape index (κ1) is 19.4. The number of aromatic carboxylic acids is 1. The van der Waals surface area contributed by atoms with Crippen LogP contribution in [0.2, 0.25) is 0 Å². The van der Waals surface area contributed by atoms with Crippen LogP contribution in [0.3, 0.4) is 0 Å². The van der Waals surface area contributed by atoms with Gasteiger partial charge in [-0.25, -0.2) is 4.79 Å². The molecule has 0 saturated carbocycles. The lowest BCUT2D eigenvalue weighted by atomic mass is 10.0. The first-order valence-electron chi connectivity index (χ1n) is 8.37. The van der Waals surface area contributed by atoms with Gasteiger partial charge in [-0.1, -0.05) is 18.2 Å². The van der Waals surface area contributed by atoms with Gasteiger partial charge in [0, 0.05) is 12.3 Å². The van der Waals surface area contributed by atoms with Gasteiger partial charge in [0.05, 0.1) is 5.56 Å². The van der Waals surface area contributed by atoms with E-state index in [9.17, 15) is 14.4 Å². The van der Waals surface area contributed by atoms with Crippen LogP contribution < -0.4 is 5.56 Å². The minimum atomic E-state index is -0.953. The predicted octanol–water partition coefficient (Wildman–Crippen LogP) is 2.67. The third kappa shape index (κ3) is 5.88. The zero-order chi connectivity index (χ0) is 19.3. The lowest BCUT2D eigenvalue weighted by molar-refractivity contribution is -0.155. The molecule has 2 rings (SSSR count). The molecule has 0 bridgehead atoms. The van der Waals surface area contributed by atoms with Crippen LogP contribution in [0.1, 0.15) is 42.3 Å². The second-order valence-electron chi connectivity index (χ2n) is 7.09. The molecule has 26 heavy (non-hydrogen) atoms. The van der Waals surface area contributed by atoms with E-state index in [2.05, 4.69) is 0 Å². The molecule has 6 heteroatoms. The Morgan fingerprint density at radius 2 is 1.58 bits per heavy atom. The summed E-state index contributed by atoms with van der Waals surface area (Å²) in [5.74, 6) is -1.41. The number of carboxylic acid groups (broad SMARTS) is 1. The third-order valence-electron chi connectivity index (χ3n) is 3.67. The van der Waals surface area contributed by atoms with Crippen molar-refractivity contribution < 1.29 is 19.4 Å². The second kappa shape index (κ2) is 7.99. The molecule has 0 fully saturated rings. The predicted molar refractivity (Wildman–Crippen MR) is 97.4 cm³/mol. The number of ether oxygens (including phenoxy) is 1. The van der Waals surface area contributed by atoms with Crippen LogP contribution in [0.4, 0.5) is 0 Å². The maximum absolute atomic E-state index is 11.9. The molecule has 0 amide bonds. The number of carbonyl (C=O) groups excluding carboxylic acids is 1. The summed E-state index contributed by atoms with van der Waals surface area (Å²) < 4.78 is 6.59. The van der Waals surface area contributed by atoms with Crippen LogP contribution in [-0.2, 0) is 28.9 Å². The van der Waals surface area contributed by atoms with E-state index in [1.807, 2.05) is 0 Å². The van der Waals surface area contributed by atoms with E-state index in [1.54, 1.807) is 57.3 Å². The lowest BCUT2D eigenvalue weighted by Gasteiger charge is -2.19. The van der Waals surface area contributed by atoms with Crippen molar-refractivity contribution in [1.29, 1.82) is 0 Å². The Morgan fingerprint density at radius 1 is 1.00 bits per heavy atom. The van der Waals surface area contributed by atoms with Gasteiger partial charge >= 0.3 is 11.9 Å². The number of aromatic nitrogens is 1. The molecular weight excluding hydrogens is 334 g/mol. The first-order valence-corrected chi connectivity index (χ1v) is 8.37. The number of esters is 1. The van der Waals surface area contributed by atoms with Crippen molar-refractivity contribution in [2.45, 2.75) is 45.8 Å². The number of rotatable bonds is 6. The van der Waals surface area contributed by atoms with Gasteiger partial charge in [0.1, 0.15) is 12.1 Å². The summed E-state index contributed by atoms with van der Waals surface area (Å²) in [6.07, 6.45) is 3.03. The van der Waals surface area contributed by atoms with Crippen LogP contribution in [0, 0.1) is 0 Å². The summed E-state index contributed by atoms with van der Waals surface area (Å²) in [7, 11) is 0. The average Bonchev–Trinajstić information content (AvgIpc) is 2.54. The van der Waals surface area contributed by atoms with Gasteiger partial charge in [-0.3, -0.25) is 9.59 Å². The van der Waals surface area contributed by atoms with E-state index in [4.69, 9.17) is 9.84 Å². The van der Waals surface area contributed by atoms with Gasteiger partial charge in [-0.2, -0.15) is 0 Å². The van der Waals surface area contributed by atoms with Crippen LogP contribution in [0.15, 0.2) is 47.4 Å². The minimum Gasteiger partial charge on any atom is -0.478 e. The summed E-state index contributed by atoms with van der Waals surface area (Å²) in [5, 5.41) is 8.91. The van der Waals surface area contributed by atoms with Crippen molar-refractivity contribution in [3.8, 4) is 0 Å². The van der Waals surface area contributed by atoms with Gasteiger partial charge in [0.15, 0.2) is 0 Å². The standard InChI is InChI=1S/C20H23NO5/c1-20(2,3)26-18(23)13-21-12-15(8-11-17(21)22)5-4-14-6-9-16(10-7-14)19(24)25/h6-12H,4-5,13H2,1-3H3,(H,24,25). The van der Waals surface area contributed by atoms with Gasteiger partial charge in [-0.05, 0) is 56.9 Å². The van der Waals surface area contributed by atoms with Crippen molar-refractivity contribution >= 4 is 11.9 Å². The molecule has 1 heterocycles. The Bertz CT molecular complexity index is 844. The molecule has 1 aromatic carbocycles. The summed E-state index contributed by atoms with van der Waals surface area (Å²) in [5.41, 5.74) is 1.31. The van der Waals surface area contributed by atoms with Crippen molar-refractivity contribution in [2.24, 2.45) is 0 Å². The van der Waals surface area contributed by atoms with Gasteiger partial charge < -0.3 is 14.4 Å². The van der Waals surface area contributed by atoms with Crippen LogP contribution in [0.25, 0.3) is 0 Å². The van der Waals surface area contributed by atoms with Crippen molar-refractivity contribution in [1.82, 2.24) is 4.57 Å². The van der Waals surface area contributed by atoms with Crippen LogP contribution in [-0.4, -0.2) is 27.2 Å². The molecule has 6 nitrogen and oxygen atoms in total. The number of aryl methyl sites for hydroxylation is 2. The van der Waals surface area contributed by atoms with Gasteiger partial charge in [0.25, 0.3) is 5.56 Å². The highest BCUT2D eigenvalue weighted by atomic mass is 16.6. The van der Waals surface area contributed by atoms with E-state index in [0.29, 0.717) is 12.8 Å². The third-order valence-corrected chi connectivity index (χ3v) is 3.67. The number of hydrogen-bond acceptors (Lipinski definition) is 4. The van der Waals surface area contributed by atoms with Crippen LogP contribution in [0.5, 0.6) is 0 Å². The number of carboxylic acids is 1. The minimum absolute atomic E-state index is 0.128. The summed E-state index contributed by atoms with van der Waals surface area (Å²) in [6.45, 7) is 5.20. The molecule has 1 aromatic heterocycles. The molecule has 0 saturated heterocycles. The van der Waals surface area contributed by atoms with E-state index in [0.717, 1.165) is 11.1 Å². The highest BCUT2D eigenvalue weighted by Gasteiger charge is 2.17. The zero-order valence-corrected chi connectivity index (χ0v) is 15.2. The Balaban J connectivity index is 2.03. The van der Waals surface area contributed by atoms with Crippen molar-refractivity contribution in [2.75, 3.05) is 0 Å². The summed E-state index contributed by atoms with van der Waals surface area (Å²) in [6, 6.07) is 9.87. The number of nitrogens with zero attached hydrogens (tertiary/aromatic N) is 1. The van der Waals surface area contributed by atoms with E-state index >= 15 is 0 Å². The molecule has 0 aliphatic carbocycles. The fourth-order valence-corrected chi connectivity index (χ4v) is 2.47. The number of pyridine rings is 1. The number of benzene rings is 1. The Labute approximate surface area is 152 Å². The Hall–Kier alpha value is -2.89. The molecule has 0 aliphatic heterocycles. The Morgan fingerprint density at radius 3 is 2.15 bits per heavy atom. The van der Waals surface area contributed by atoms with Gasteiger partial charge in [-0.15, -0.1) is 0 Å². The maximum Gasteiger partial charge on any atom is 0.335 e. The van der Waals surface area contributed by atoms with E-state index in [-0.39, 0.29) is 17.7 Å². The normalized spacial score (nSPS) is 11.2. The monoisotopic (exact) mass is 357 g/mol. The zero-order valence-electron chi connectivity index (χ0n) is 15.2. The number of hydrogen-bond donors (Lipinski definition) is 1. The smallest absolute Gasteiger partial charge is 0.335 e. The van der Waals surface area contributed by atoms with Crippen LogP contribution >= 0.6 is 0 Å². The molecule has 138 valence electrons. The molecule has 1 N–H and O–H groups in total. The summed E-state index contributed by atoms with van der Waals surface area (Å²) in [4.78, 5) is 34.7. The molecule has 2 aromatic rings. The quantitative estimate of drug-likeness (QED) is 0.804. The van der Waals surface area contributed by atoms with E-state index < -0.39 is 17.5 Å². The molecule has 0 aliphatic rings. The second-order valence-corrected chi connectivity index (χ2v) is 7.09. The fraction of sp³-hybridized carbons (Fsp3) is 0.350. The first-order chi connectivity index (χ1) is 12.1. The average molecular weight is 357 g/mol. The van der Waals surface area contributed by atoms with Crippen molar-refractivity contribution in [3.63, 3.8) is 0 Å². The molecule has 0 radical (unpaired) electrons.